The molecule has 6 heteroatoms. The first kappa shape index (κ1) is 18.3. The van der Waals surface area contributed by atoms with Gasteiger partial charge in [0.2, 0.25) is 5.91 Å². The van der Waals surface area contributed by atoms with Crippen molar-refractivity contribution in [2.24, 2.45) is 0 Å². The van der Waals surface area contributed by atoms with Gasteiger partial charge in [-0.2, -0.15) is 0 Å². The Labute approximate surface area is 139 Å². The van der Waals surface area contributed by atoms with E-state index < -0.39 is 0 Å². The highest BCUT2D eigenvalue weighted by Gasteiger charge is 2.14. The molecule has 1 aromatic rings. The van der Waals surface area contributed by atoms with Crippen LogP contribution in [-0.2, 0) is 4.79 Å². The number of hydrogen-bond donors (Lipinski definition) is 2. The molecule has 0 unspecified atom stereocenters. The van der Waals surface area contributed by atoms with Crippen molar-refractivity contribution >= 4 is 39.1 Å². The van der Waals surface area contributed by atoms with Gasteiger partial charge in [0.1, 0.15) is 0 Å². The summed E-state index contributed by atoms with van der Waals surface area (Å²) in [4.78, 5) is 12.0. The number of carbonyl (C=O) groups is 1. The van der Waals surface area contributed by atoms with E-state index in [2.05, 4.69) is 47.3 Å². The lowest BCUT2D eigenvalue weighted by Crippen LogP contribution is -2.37. The second-order valence-electron chi connectivity index (χ2n) is 5.67. The lowest BCUT2D eigenvalue weighted by atomic mass is 10.1. The van der Waals surface area contributed by atoms with Gasteiger partial charge < -0.3 is 15.4 Å². The summed E-state index contributed by atoms with van der Waals surface area (Å²) in [6, 6.07) is 3.43. The summed E-state index contributed by atoms with van der Waals surface area (Å²) in [5, 5.41) is 6.65. The molecular formula is C15H22BrClN2O2. The maximum atomic E-state index is 12.0. The summed E-state index contributed by atoms with van der Waals surface area (Å²) < 4.78 is 6.27. The molecule has 0 spiro atoms. The number of hydrogen-bond acceptors (Lipinski definition) is 3. The van der Waals surface area contributed by atoms with Gasteiger partial charge in [-0.3, -0.25) is 4.79 Å². The lowest BCUT2D eigenvalue weighted by Gasteiger charge is -2.20. The quantitative estimate of drug-likeness (QED) is 0.780. The van der Waals surface area contributed by atoms with Gasteiger partial charge in [0.25, 0.3) is 0 Å². The van der Waals surface area contributed by atoms with Gasteiger partial charge >= 0.3 is 0 Å². The van der Waals surface area contributed by atoms with Crippen molar-refractivity contribution in [3.63, 3.8) is 0 Å². The minimum Gasteiger partial charge on any atom is -0.491 e. The molecule has 0 atom stereocenters. The molecule has 118 valence electrons. The highest BCUT2D eigenvalue weighted by Crippen LogP contribution is 2.36. The van der Waals surface area contributed by atoms with E-state index in [0.717, 1.165) is 4.47 Å². The van der Waals surface area contributed by atoms with E-state index in [4.69, 9.17) is 16.3 Å². The van der Waals surface area contributed by atoms with Crippen LogP contribution in [0, 0.1) is 0 Å². The monoisotopic (exact) mass is 376 g/mol. The van der Waals surface area contributed by atoms with Gasteiger partial charge in [0.15, 0.2) is 5.75 Å². The molecule has 0 radical (unpaired) electrons. The number of amides is 1. The van der Waals surface area contributed by atoms with Gasteiger partial charge in [0, 0.05) is 23.5 Å². The smallest absolute Gasteiger partial charge is 0.225 e. The highest BCUT2D eigenvalue weighted by molar-refractivity contribution is 9.10. The molecule has 0 aliphatic rings. The second kappa shape index (κ2) is 8.01. The van der Waals surface area contributed by atoms with Gasteiger partial charge in [-0.05, 0) is 55.8 Å². The number of halogens is 2. The van der Waals surface area contributed by atoms with E-state index in [-0.39, 0.29) is 11.4 Å². The Morgan fingerprint density at radius 1 is 1.38 bits per heavy atom. The standard InChI is InChI=1S/C15H22BrClN2O2/c1-5-21-14-11(16)8-10(17)9-12(14)19-13(20)6-7-18-15(2,3)4/h8-9,18H,5-7H2,1-4H3,(H,19,20). The number of carbonyl (C=O) groups excluding carboxylic acids is 1. The van der Waals surface area contributed by atoms with Gasteiger partial charge in [-0.1, -0.05) is 11.6 Å². The van der Waals surface area contributed by atoms with E-state index in [1.54, 1.807) is 12.1 Å². The van der Waals surface area contributed by atoms with Crippen molar-refractivity contribution in [3.8, 4) is 5.75 Å². The van der Waals surface area contributed by atoms with Gasteiger partial charge in [-0.25, -0.2) is 0 Å². The molecule has 0 aliphatic carbocycles. The molecule has 1 rings (SSSR count). The summed E-state index contributed by atoms with van der Waals surface area (Å²) in [5.74, 6) is 0.515. The summed E-state index contributed by atoms with van der Waals surface area (Å²) in [7, 11) is 0. The zero-order valence-electron chi connectivity index (χ0n) is 12.8. The number of rotatable bonds is 6. The maximum Gasteiger partial charge on any atom is 0.225 e. The summed E-state index contributed by atoms with van der Waals surface area (Å²) in [6.07, 6.45) is 0.382. The zero-order chi connectivity index (χ0) is 16.0. The van der Waals surface area contributed by atoms with Crippen LogP contribution < -0.4 is 15.4 Å². The van der Waals surface area contributed by atoms with Crippen LogP contribution in [0.25, 0.3) is 0 Å². The van der Waals surface area contributed by atoms with E-state index >= 15 is 0 Å². The van der Waals surface area contributed by atoms with E-state index in [1.807, 2.05) is 6.92 Å². The number of anilines is 1. The Morgan fingerprint density at radius 2 is 2.05 bits per heavy atom. The zero-order valence-corrected chi connectivity index (χ0v) is 15.2. The summed E-state index contributed by atoms with van der Waals surface area (Å²) in [5.41, 5.74) is 0.576. The molecule has 0 heterocycles. The molecule has 21 heavy (non-hydrogen) atoms. The topological polar surface area (TPSA) is 50.4 Å². The van der Waals surface area contributed by atoms with Crippen LogP contribution in [-0.4, -0.2) is 24.6 Å². The molecule has 0 bridgehead atoms. The highest BCUT2D eigenvalue weighted by atomic mass is 79.9. The predicted octanol–water partition coefficient (Wildman–Crippen LogP) is 4.22. The van der Waals surface area contributed by atoms with Crippen LogP contribution in [0.3, 0.4) is 0 Å². The molecule has 0 saturated heterocycles. The van der Waals surface area contributed by atoms with Crippen molar-refractivity contribution in [2.75, 3.05) is 18.5 Å². The second-order valence-corrected chi connectivity index (χ2v) is 6.96. The van der Waals surface area contributed by atoms with Crippen LogP contribution in [0.15, 0.2) is 16.6 Å². The van der Waals surface area contributed by atoms with E-state index in [0.29, 0.717) is 36.0 Å². The first-order valence-electron chi connectivity index (χ1n) is 6.89. The van der Waals surface area contributed by atoms with Crippen molar-refractivity contribution < 1.29 is 9.53 Å². The Morgan fingerprint density at radius 3 is 2.62 bits per heavy atom. The minimum absolute atomic E-state index is 0.00412. The van der Waals surface area contributed by atoms with Crippen molar-refractivity contribution in [3.05, 3.63) is 21.6 Å². The predicted molar refractivity (Wildman–Crippen MR) is 91.3 cm³/mol. The van der Waals surface area contributed by atoms with Crippen LogP contribution in [0.5, 0.6) is 5.75 Å². The fourth-order valence-electron chi connectivity index (χ4n) is 1.71. The number of benzene rings is 1. The Hall–Kier alpha value is -0.780. The van der Waals surface area contributed by atoms with Crippen molar-refractivity contribution in [2.45, 2.75) is 39.7 Å². The van der Waals surface area contributed by atoms with Crippen LogP contribution >= 0.6 is 27.5 Å². The van der Waals surface area contributed by atoms with Crippen molar-refractivity contribution in [1.82, 2.24) is 5.32 Å². The fourth-order valence-corrected chi connectivity index (χ4v) is 2.63. The third-order valence-electron chi connectivity index (χ3n) is 2.58. The Bertz CT molecular complexity index is 501. The molecule has 0 saturated carbocycles. The number of ether oxygens (including phenoxy) is 1. The third kappa shape index (κ3) is 6.68. The van der Waals surface area contributed by atoms with Crippen LogP contribution in [0.2, 0.25) is 5.02 Å². The minimum atomic E-state index is -0.0816. The SMILES string of the molecule is CCOc1c(Br)cc(Cl)cc1NC(=O)CCNC(C)(C)C. The van der Waals surface area contributed by atoms with E-state index in [9.17, 15) is 4.79 Å². The molecule has 0 fully saturated rings. The Kier molecular flexibility index (Phi) is 6.97. The molecule has 1 amide bonds. The molecule has 1 aromatic carbocycles. The van der Waals surface area contributed by atoms with Crippen molar-refractivity contribution in [1.29, 1.82) is 0 Å². The Balaban J connectivity index is 2.71. The average Bonchev–Trinajstić information content (AvgIpc) is 2.31. The third-order valence-corrected chi connectivity index (χ3v) is 3.39. The van der Waals surface area contributed by atoms with Crippen LogP contribution in [0.1, 0.15) is 34.1 Å². The van der Waals surface area contributed by atoms with Gasteiger partial charge in [0.05, 0.1) is 16.8 Å². The fraction of sp³-hybridized carbons (Fsp3) is 0.533. The largest absolute Gasteiger partial charge is 0.491 e. The molecule has 2 N–H and O–H groups in total. The normalized spacial score (nSPS) is 11.3. The lowest BCUT2D eigenvalue weighted by molar-refractivity contribution is -0.116. The maximum absolute atomic E-state index is 12.0. The van der Waals surface area contributed by atoms with Crippen LogP contribution in [0.4, 0.5) is 5.69 Å². The molecule has 0 aromatic heterocycles. The summed E-state index contributed by atoms with van der Waals surface area (Å²) >= 11 is 9.42. The van der Waals surface area contributed by atoms with E-state index in [1.165, 1.54) is 0 Å². The first-order chi connectivity index (χ1) is 9.73. The first-order valence-corrected chi connectivity index (χ1v) is 8.06. The molecule has 4 nitrogen and oxygen atoms in total. The molecule has 0 aliphatic heterocycles. The average molecular weight is 378 g/mol. The number of nitrogens with one attached hydrogen (secondary N) is 2. The molecular weight excluding hydrogens is 356 g/mol. The summed E-state index contributed by atoms with van der Waals surface area (Å²) in [6.45, 7) is 9.19. The van der Waals surface area contributed by atoms with Gasteiger partial charge in [-0.15, -0.1) is 0 Å².